The number of halogens is 4. The van der Waals surface area contributed by atoms with E-state index in [9.17, 15) is 18.0 Å². The van der Waals surface area contributed by atoms with Gasteiger partial charge in [0.15, 0.2) is 5.69 Å². The van der Waals surface area contributed by atoms with Crippen LogP contribution < -0.4 is 5.32 Å². The van der Waals surface area contributed by atoms with Crippen LogP contribution >= 0.6 is 15.9 Å². The van der Waals surface area contributed by atoms with Crippen LogP contribution in [-0.4, -0.2) is 15.7 Å². The van der Waals surface area contributed by atoms with Crippen LogP contribution in [0.15, 0.2) is 28.7 Å². The molecule has 0 saturated carbocycles. The summed E-state index contributed by atoms with van der Waals surface area (Å²) in [6.45, 7) is 3.85. The van der Waals surface area contributed by atoms with E-state index in [0.29, 0.717) is 6.42 Å². The number of nitrogens with one attached hydrogen (secondary N) is 1. The Kier molecular flexibility index (Phi) is 5.37. The Hall–Kier alpha value is -1.83. The molecule has 1 unspecified atom stereocenters. The van der Waals surface area contributed by atoms with E-state index in [1.54, 1.807) is 0 Å². The monoisotopic (exact) mass is 403 g/mol. The Morgan fingerprint density at radius 3 is 2.38 bits per heavy atom. The molecule has 0 aliphatic rings. The van der Waals surface area contributed by atoms with Crippen LogP contribution in [0.25, 0.3) is 0 Å². The van der Waals surface area contributed by atoms with Crippen molar-refractivity contribution in [3.8, 4) is 0 Å². The molecule has 1 amide bonds. The summed E-state index contributed by atoms with van der Waals surface area (Å²) < 4.78 is 39.3. The third kappa shape index (κ3) is 3.80. The van der Waals surface area contributed by atoms with Crippen LogP contribution in [0.5, 0.6) is 0 Å². The Morgan fingerprint density at radius 1 is 1.33 bits per heavy atom. The summed E-state index contributed by atoms with van der Waals surface area (Å²) in [5.41, 5.74) is 0.710. The average Bonchev–Trinajstić information content (AvgIpc) is 2.80. The fraction of sp³-hybridized carbons (Fsp3) is 0.375. The first-order valence-corrected chi connectivity index (χ1v) is 8.11. The van der Waals surface area contributed by atoms with E-state index in [1.165, 1.54) is 7.05 Å². The van der Waals surface area contributed by atoms with Gasteiger partial charge in [-0.2, -0.15) is 18.3 Å². The summed E-state index contributed by atoms with van der Waals surface area (Å²) in [6.07, 6.45) is -4.02. The SMILES string of the molecule is CCC(NC(=O)c1c(Br)c(C(F)(F)F)nn1C)c1ccc(C)cc1. The molecule has 4 nitrogen and oxygen atoms in total. The summed E-state index contributed by atoms with van der Waals surface area (Å²) in [5, 5.41) is 6.17. The lowest BCUT2D eigenvalue weighted by Gasteiger charge is -2.18. The Bertz CT molecular complexity index is 738. The van der Waals surface area contributed by atoms with Crippen LogP contribution in [0.3, 0.4) is 0 Å². The van der Waals surface area contributed by atoms with E-state index < -0.39 is 17.8 Å². The molecule has 0 aliphatic heterocycles. The van der Waals surface area contributed by atoms with Gasteiger partial charge in [0.25, 0.3) is 5.91 Å². The number of carbonyl (C=O) groups excluding carboxylic acids is 1. The number of nitrogens with zero attached hydrogens (tertiary/aromatic N) is 2. The van der Waals surface area contributed by atoms with E-state index in [4.69, 9.17) is 0 Å². The number of aryl methyl sites for hydroxylation is 2. The van der Waals surface area contributed by atoms with Crippen LogP contribution in [-0.2, 0) is 13.2 Å². The van der Waals surface area contributed by atoms with Crippen LogP contribution in [0.4, 0.5) is 13.2 Å². The van der Waals surface area contributed by atoms with Gasteiger partial charge >= 0.3 is 6.18 Å². The third-order valence-electron chi connectivity index (χ3n) is 3.67. The number of alkyl halides is 3. The molecule has 0 saturated heterocycles. The molecule has 0 bridgehead atoms. The van der Waals surface area contributed by atoms with Crippen LogP contribution in [0.2, 0.25) is 0 Å². The molecule has 24 heavy (non-hydrogen) atoms. The second-order valence-electron chi connectivity index (χ2n) is 5.48. The topological polar surface area (TPSA) is 46.9 Å². The number of hydrogen-bond donors (Lipinski definition) is 1. The van der Waals surface area contributed by atoms with Gasteiger partial charge in [0.1, 0.15) is 5.69 Å². The van der Waals surface area contributed by atoms with Crippen molar-refractivity contribution >= 4 is 21.8 Å². The van der Waals surface area contributed by atoms with Gasteiger partial charge in [-0.25, -0.2) is 0 Å². The number of hydrogen-bond acceptors (Lipinski definition) is 2. The number of rotatable bonds is 4. The lowest BCUT2D eigenvalue weighted by Crippen LogP contribution is -2.30. The van der Waals surface area contributed by atoms with Crippen molar-refractivity contribution in [1.29, 1.82) is 0 Å². The lowest BCUT2D eigenvalue weighted by molar-refractivity contribution is -0.142. The molecular weight excluding hydrogens is 387 g/mol. The molecule has 130 valence electrons. The summed E-state index contributed by atoms with van der Waals surface area (Å²) >= 11 is 2.85. The Morgan fingerprint density at radius 2 is 1.92 bits per heavy atom. The van der Waals surface area contributed by atoms with Crippen molar-refractivity contribution < 1.29 is 18.0 Å². The lowest BCUT2D eigenvalue weighted by atomic mass is 10.0. The van der Waals surface area contributed by atoms with Crippen LogP contribution in [0.1, 0.15) is 46.7 Å². The van der Waals surface area contributed by atoms with E-state index in [2.05, 4.69) is 26.3 Å². The summed E-state index contributed by atoms with van der Waals surface area (Å²) in [5.74, 6) is -0.611. The molecule has 0 aliphatic carbocycles. The first-order chi connectivity index (χ1) is 11.1. The minimum atomic E-state index is -4.63. The molecule has 8 heteroatoms. The molecular formula is C16H17BrF3N3O. The zero-order valence-corrected chi connectivity index (χ0v) is 15.0. The quantitative estimate of drug-likeness (QED) is 0.822. The molecule has 0 fully saturated rings. The molecule has 1 N–H and O–H groups in total. The Labute approximate surface area is 146 Å². The highest BCUT2D eigenvalue weighted by Gasteiger charge is 2.39. The zero-order valence-electron chi connectivity index (χ0n) is 13.4. The van der Waals surface area contributed by atoms with Gasteiger partial charge in [0.05, 0.1) is 10.5 Å². The number of carbonyl (C=O) groups is 1. The maximum atomic E-state index is 12.9. The van der Waals surface area contributed by atoms with E-state index in [0.717, 1.165) is 15.8 Å². The molecule has 2 rings (SSSR count). The highest BCUT2D eigenvalue weighted by Crippen LogP contribution is 2.35. The second kappa shape index (κ2) is 6.96. The number of aromatic nitrogens is 2. The maximum absolute atomic E-state index is 12.9. The van der Waals surface area contributed by atoms with Crippen molar-refractivity contribution in [2.75, 3.05) is 0 Å². The fourth-order valence-corrected chi connectivity index (χ4v) is 3.11. The molecule has 1 aromatic heterocycles. The summed E-state index contributed by atoms with van der Waals surface area (Å²) in [6, 6.07) is 7.33. The van der Waals surface area contributed by atoms with E-state index in [-0.39, 0.29) is 16.2 Å². The predicted molar refractivity (Wildman–Crippen MR) is 87.6 cm³/mol. The normalized spacial score (nSPS) is 13.0. The van der Waals surface area contributed by atoms with Crippen molar-refractivity contribution in [2.45, 2.75) is 32.5 Å². The Balaban J connectivity index is 2.29. The second-order valence-corrected chi connectivity index (χ2v) is 6.27. The third-order valence-corrected chi connectivity index (χ3v) is 4.42. The number of benzene rings is 1. The van der Waals surface area contributed by atoms with Gasteiger partial charge in [-0.1, -0.05) is 36.8 Å². The molecule has 1 atom stereocenters. The maximum Gasteiger partial charge on any atom is 0.436 e. The smallest absolute Gasteiger partial charge is 0.344 e. The molecule has 1 aromatic carbocycles. The number of amides is 1. The largest absolute Gasteiger partial charge is 0.436 e. The average molecular weight is 404 g/mol. The van der Waals surface area contributed by atoms with Gasteiger partial charge < -0.3 is 5.32 Å². The predicted octanol–water partition coefficient (Wildman–Crippen LogP) is 4.39. The first-order valence-electron chi connectivity index (χ1n) is 7.32. The fourth-order valence-electron chi connectivity index (χ4n) is 2.37. The highest BCUT2D eigenvalue weighted by atomic mass is 79.9. The van der Waals surface area contributed by atoms with Gasteiger partial charge in [0.2, 0.25) is 0 Å². The zero-order chi connectivity index (χ0) is 18.1. The van der Waals surface area contributed by atoms with Gasteiger partial charge in [-0.15, -0.1) is 0 Å². The van der Waals surface area contributed by atoms with Crippen molar-refractivity contribution in [3.05, 3.63) is 51.3 Å². The minimum Gasteiger partial charge on any atom is -0.344 e. The van der Waals surface area contributed by atoms with Crippen molar-refractivity contribution in [3.63, 3.8) is 0 Å². The molecule has 0 radical (unpaired) electrons. The highest BCUT2D eigenvalue weighted by molar-refractivity contribution is 9.10. The van der Waals surface area contributed by atoms with Crippen molar-refractivity contribution in [1.82, 2.24) is 15.1 Å². The summed E-state index contributed by atoms with van der Waals surface area (Å²) in [4.78, 5) is 12.5. The van der Waals surface area contributed by atoms with Crippen LogP contribution in [0, 0.1) is 6.92 Å². The first kappa shape index (κ1) is 18.5. The molecule has 1 heterocycles. The van der Waals surface area contributed by atoms with Gasteiger partial charge in [-0.05, 0) is 34.8 Å². The minimum absolute atomic E-state index is 0.159. The van der Waals surface area contributed by atoms with Gasteiger partial charge in [-0.3, -0.25) is 9.48 Å². The van der Waals surface area contributed by atoms with E-state index >= 15 is 0 Å². The standard InChI is InChI=1S/C16H17BrF3N3O/c1-4-11(10-7-5-9(2)6-8-10)21-15(24)13-12(17)14(16(18,19)20)22-23(13)3/h5-8,11H,4H2,1-3H3,(H,21,24). The molecule has 2 aromatic rings. The summed E-state index contributed by atoms with van der Waals surface area (Å²) in [7, 11) is 1.31. The van der Waals surface area contributed by atoms with Crippen molar-refractivity contribution in [2.24, 2.45) is 7.05 Å². The van der Waals surface area contributed by atoms with Gasteiger partial charge in [0, 0.05) is 7.05 Å². The van der Waals surface area contributed by atoms with E-state index in [1.807, 2.05) is 38.1 Å². The molecule has 0 spiro atoms.